The van der Waals surface area contributed by atoms with Gasteiger partial charge in [-0.15, -0.1) is 5.10 Å². The second kappa shape index (κ2) is 3.55. The van der Waals surface area contributed by atoms with Gasteiger partial charge in [-0.1, -0.05) is 30.3 Å². The number of aromatic nitrogens is 4. The average Bonchev–Trinajstić information content (AvgIpc) is 2.74. The summed E-state index contributed by atoms with van der Waals surface area (Å²) in [5.74, 6) is 0.557. The molecule has 0 bridgehead atoms. The Labute approximate surface area is 96.8 Å². The molecule has 0 saturated heterocycles. The third kappa shape index (κ3) is 1.61. The van der Waals surface area contributed by atoms with Crippen LogP contribution in [0.3, 0.4) is 0 Å². The lowest BCUT2D eigenvalue weighted by Gasteiger charge is -1.91. The molecule has 1 N–H and O–H groups in total. The number of benzene rings is 1. The molecule has 0 unspecified atom stereocenters. The van der Waals surface area contributed by atoms with Crippen LogP contribution in [0.25, 0.3) is 17.0 Å². The van der Waals surface area contributed by atoms with Gasteiger partial charge in [0.25, 0.3) is 0 Å². The quantitative estimate of drug-likeness (QED) is 0.682. The maximum Gasteiger partial charge on any atom is 0.348 e. The van der Waals surface area contributed by atoms with Crippen LogP contribution in [-0.4, -0.2) is 19.6 Å². The van der Waals surface area contributed by atoms with Crippen molar-refractivity contribution in [1.29, 1.82) is 0 Å². The minimum absolute atomic E-state index is 0.269. The van der Waals surface area contributed by atoms with Crippen molar-refractivity contribution >= 4 is 5.65 Å². The van der Waals surface area contributed by atoms with E-state index in [-0.39, 0.29) is 5.69 Å². The van der Waals surface area contributed by atoms with Gasteiger partial charge >= 0.3 is 5.69 Å². The SMILES string of the molecule is Cc1cc2nc(-c3ccccc3)nn2c(=O)[nH]1. The topological polar surface area (TPSA) is 63.1 Å². The summed E-state index contributed by atoms with van der Waals surface area (Å²) in [6, 6.07) is 11.4. The van der Waals surface area contributed by atoms with E-state index in [9.17, 15) is 4.79 Å². The van der Waals surface area contributed by atoms with Gasteiger partial charge in [-0.05, 0) is 6.92 Å². The minimum atomic E-state index is -0.269. The zero-order valence-electron chi connectivity index (χ0n) is 9.21. The molecule has 17 heavy (non-hydrogen) atoms. The molecule has 2 aromatic heterocycles. The van der Waals surface area contributed by atoms with E-state index in [1.807, 2.05) is 37.3 Å². The molecule has 0 saturated carbocycles. The fourth-order valence-electron chi connectivity index (χ4n) is 1.73. The number of nitrogens with zero attached hydrogens (tertiary/aromatic N) is 3. The predicted octanol–water partition coefficient (Wildman–Crippen LogP) is 1.39. The maximum absolute atomic E-state index is 11.6. The van der Waals surface area contributed by atoms with Crippen molar-refractivity contribution in [2.75, 3.05) is 0 Å². The molecule has 0 fully saturated rings. The summed E-state index contributed by atoms with van der Waals surface area (Å²) < 4.78 is 1.27. The van der Waals surface area contributed by atoms with Crippen molar-refractivity contribution < 1.29 is 0 Å². The van der Waals surface area contributed by atoms with Crippen LogP contribution in [0.4, 0.5) is 0 Å². The minimum Gasteiger partial charge on any atom is -0.310 e. The van der Waals surface area contributed by atoms with Crippen molar-refractivity contribution in [3.8, 4) is 11.4 Å². The van der Waals surface area contributed by atoms with Crippen LogP contribution in [-0.2, 0) is 0 Å². The van der Waals surface area contributed by atoms with E-state index < -0.39 is 0 Å². The molecule has 3 rings (SSSR count). The Balaban J connectivity index is 2.28. The summed E-state index contributed by atoms with van der Waals surface area (Å²) in [6.45, 7) is 1.82. The number of rotatable bonds is 1. The van der Waals surface area contributed by atoms with Gasteiger partial charge in [0.1, 0.15) is 0 Å². The molecule has 2 heterocycles. The van der Waals surface area contributed by atoms with Gasteiger partial charge in [-0.3, -0.25) is 0 Å². The van der Waals surface area contributed by atoms with E-state index in [4.69, 9.17) is 0 Å². The molecule has 0 aliphatic heterocycles. The molecule has 84 valence electrons. The van der Waals surface area contributed by atoms with Crippen molar-refractivity contribution in [2.45, 2.75) is 6.92 Å². The molecular formula is C12H10N4O. The van der Waals surface area contributed by atoms with E-state index >= 15 is 0 Å². The number of aryl methyl sites for hydroxylation is 1. The highest BCUT2D eigenvalue weighted by atomic mass is 16.1. The first-order valence-corrected chi connectivity index (χ1v) is 5.26. The van der Waals surface area contributed by atoms with E-state index in [1.165, 1.54) is 4.52 Å². The van der Waals surface area contributed by atoms with E-state index in [0.29, 0.717) is 11.5 Å². The maximum atomic E-state index is 11.6. The van der Waals surface area contributed by atoms with Crippen LogP contribution in [0.2, 0.25) is 0 Å². The summed E-state index contributed by atoms with van der Waals surface area (Å²) >= 11 is 0. The first-order valence-electron chi connectivity index (χ1n) is 5.26. The Hall–Kier alpha value is -2.43. The summed E-state index contributed by atoms with van der Waals surface area (Å²) in [6.07, 6.45) is 0. The Morgan fingerprint density at radius 3 is 2.76 bits per heavy atom. The van der Waals surface area contributed by atoms with Gasteiger partial charge < -0.3 is 4.98 Å². The lowest BCUT2D eigenvalue weighted by Crippen LogP contribution is -2.17. The largest absolute Gasteiger partial charge is 0.348 e. The highest BCUT2D eigenvalue weighted by molar-refractivity contribution is 5.57. The number of aromatic amines is 1. The normalized spacial score (nSPS) is 10.9. The van der Waals surface area contributed by atoms with Gasteiger partial charge in [0.05, 0.1) is 0 Å². The lowest BCUT2D eigenvalue weighted by molar-refractivity contribution is 0.859. The highest BCUT2D eigenvalue weighted by Crippen LogP contribution is 2.14. The van der Waals surface area contributed by atoms with Crippen molar-refractivity contribution in [1.82, 2.24) is 19.6 Å². The first kappa shape index (κ1) is 9.77. The molecule has 0 radical (unpaired) electrons. The highest BCUT2D eigenvalue weighted by Gasteiger charge is 2.07. The molecular weight excluding hydrogens is 216 g/mol. The summed E-state index contributed by atoms with van der Waals surface area (Å²) in [7, 11) is 0. The van der Waals surface area contributed by atoms with Gasteiger partial charge in [0.2, 0.25) is 0 Å². The number of H-pyrrole nitrogens is 1. The van der Waals surface area contributed by atoms with Crippen molar-refractivity contribution in [3.63, 3.8) is 0 Å². The molecule has 5 heteroatoms. The average molecular weight is 226 g/mol. The molecule has 0 atom stereocenters. The summed E-state index contributed by atoms with van der Waals surface area (Å²) in [5.41, 5.74) is 1.96. The van der Waals surface area contributed by atoms with Crippen LogP contribution < -0.4 is 5.69 Å². The molecule has 5 nitrogen and oxygen atoms in total. The van der Waals surface area contributed by atoms with E-state index in [1.54, 1.807) is 6.07 Å². The second-order valence-electron chi connectivity index (χ2n) is 3.83. The molecule has 3 aromatic rings. The third-order valence-corrected chi connectivity index (χ3v) is 2.51. The molecule has 0 aliphatic rings. The smallest absolute Gasteiger partial charge is 0.310 e. The van der Waals surface area contributed by atoms with Crippen LogP contribution in [0, 0.1) is 6.92 Å². The van der Waals surface area contributed by atoms with Crippen LogP contribution >= 0.6 is 0 Å². The molecule has 0 amide bonds. The fraction of sp³-hybridized carbons (Fsp3) is 0.0833. The lowest BCUT2D eigenvalue weighted by atomic mass is 10.2. The molecule has 0 aliphatic carbocycles. The Morgan fingerprint density at radius 2 is 2.00 bits per heavy atom. The molecule has 1 aromatic carbocycles. The third-order valence-electron chi connectivity index (χ3n) is 2.51. The standard InChI is InChI=1S/C12H10N4O/c1-8-7-10-14-11(9-5-3-2-4-6-9)15-16(10)12(17)13-8/h2-7H,1H3,(H,13,17). The Kier molecular flexibility index (Phi) is 2.04. The van der Waals surface area contributed by atoms with Gasteiger partial charge in [-0.25, -0.2) is 9.78 Å². The zero-order chi connectivity index (χ0) is 11.8. The van der Waals surface area contributed by atoms with Crippen LogP contribution in [0.15, 0.2) is 41.2 Å². The first-order chi connectivity index (χ1) is 8.24. The number of nitrogens with one attached hydrogen (secondary N) is 1. The van der Waals surface area contributed by atoms with Crippen molar-refractivity contribution in [3.05, 3.63) is 52.6 Å². The van der Waals surface area contributed by atoms with Crippen LogP contribution in [0.1, 0.15) is 5.69 Å². The molecule has 0 spiro atoms. The Bertz CT molecular complexity index is 727. The van der Waals surface area contributed by atoms with Gasteiger partial charge in [0, 0.05) is 17.3 Å². The number of hydrogen-bond donors (Lipinski definition) is 1. The van der Waals surface area contributed by atoms with Crippen molar-refractivity contribution in [2.24, 2.45) is 0 Å². The summed E-state index contributed by atoms with van der Waals surface area (Å²) in [4.78, 5) is 18.7. The number of fused-ring (bicyclic) bond motifs is 1. The van der Waals surface area contributed by atoms with Crippen LogP contribution in [0.5, 0.6) is 0 Å². The Morgan fingerprint density at radius 1 is 1.24 bits per heavy atom. The van der Waals surface area contributed by atoms with Gasteiger partial charge in [-0.2, -0.15) is 4.52 Å². The second-order valence-corrected chi connectivity index (χ2v) is 3.83. The van der Waals surface area contributed by atoms with Gasteiger partial charge in [0.15, 0.2) is 11.5 Å². The fourth-order valence-corrected chi connectivity index (χ4v) is 1.73. The summed E-state index contributed by atoms with van der Waals surface area (Å²) in [5, 5.41) is 4.19. The monoisotopic (exact) mass is 226 g/mol. The zero-order valence-corrected chi connectivity index (χ0v) is 9.21. The predicted molar refractivity (Wildman–Crippen MR) is 63.8 cm³/mol. The van der Waals surface area contributed by atoms with E-state index in [2.05, 4.69) is 15.1 Å². The number of hydrogen-bond acceptors (Lipinski definition) is 3. The van der Waals surface area contributed by atoms with E-state index in [0.717, 1.165) is 11.3 Å².